The topological polar surface area (TPSA) is 237 Å². The molecule has 0 aliphatic carbocycles. The number of hydrogen-bond donors (Lipinski definition) is 4. The first-order valence-electron chi connectivity index (χ1n) is 12.9. The molecular weight excluding hydrogens is 652 g/mol. The summed E-state index contributed by atoms with van der Waals surface area (Å²) in [6, 6.07) is 0. The molecule has 7 heterocycles. The average Bonchev–Trinajstić information content (AvgIpc) is 3.73. The van der Waals surface area contributed by atoms with Crippen LogP contribution < -0.4 is 11.1 Å². The summed E-state index contributed by atoms with van der Waals surface area (Å²) in [5, 5.41) is 11.2. The molecule has 3 aliphatic heterocycles. The van der Waals surface area contributed by atoms with Crippen molar-refractivity contribution >= 4 is 56.4 Å². The van der Waals surface area contributed by atoms with E-state index in [-0.39, 0.29) is 22.3 Å². The van der Waals surface area contributed by atoms with E-state index >= 15 is 4.39 Å². The van der Waals surface area contributed by atoms with E-state index in [0.717, 1.165) is 26.5 Å². The third-order valence-electron chi connectivity index (χ3n) is 7.30. The third-order valence-corrected chi connectivity index (χ3v) is 10.2. The number of fused-ring (bicyclic) bond motifs is 4. The van der Waals surface area contributed by atoms with Gasteiger partial charge in [0.1, 0.15) is 30.5 Å². The molecule has 0 aromatic carbocycles. The molecule has 24 heteroatoms. The third kappa shape index (κ3) is 5.18. The minimum absolute atomic E-state index is 0.0118. The van der Waals surface area contributed by atoms with Gasteiger partial charge in [0.25, 0.3) is 26.2 Å². The van der Waals surface area contributed by atoms with Crippen molar-refractivity contribution < 1.29 is 46.2 Å². The summed E-state index contributed by atoms with van der Waals surface area (Å²) in [6.45, 7) is -5.50. The van der Waals surface area contributed by atoms with Crippen LogP contribution in [-0.4, -0.2) is 102 Å². The van der Waals surface area contributed by atoms with Gasteiger partial charge in [0.2, 0.25) is 0 Å². The molecule has 3 fully saturated rings. The van der Waals surface area contributed by atoms with Crippen LogP contribution >= 0.6 is 26.5 Å². The van der Waals surface area contributed by atoms with Crippen LogP contribution in [0.1, 0.15) is 12.5 Å². The van der Waals surface area contributed by atoms with Crippen LogP contribution in [0.15, 0.2) is 34.9 Å². The Hall–Kier alpha value is -2.78. The molecule has 0 bridgehead atoms. The van der Waals surface area contributed by atoms with E-state index < -0.39 is 87.8 Å². The molecule has 7 rings (SSSR count). The Kier molecular flexibility index (Phi) is 7.43. The van der Waals surface area contributed by atoms with E-state index in [2.05, 4.69) is 42.2 Å². The Morgan fingerprint density at radius 2 is 1.43 bits per heavy atom. The smallest absolute Gasteiger partial charge is 0.386 e. The van der Waals surface area contributed by atoms with E-state index in [1.54, 1.807) is 0 Å². The largest absolute Gasteiger partial charge is 0.386 e. The number of hydrogen-bond acceptors (Lipinski definition) is 15. The fraction of sp³-hybridized carbons (Fsp3) is 0.500. The molecule has 4 aromatic heterocycles. The molecule has 234 valence electrons. The van der Waals surface area contributed by atoms with Crippen molar-refractivity contribution in [3.05, 3.63) is 46.0 Å². The van der Waals surface area contributed by atoms with Gasteiger partial charge in [-0.05, 0) is 0 Å². The predicted molar refractivity (Wildman–Crippen MR) is 149 cm³/mol. The molecule has 0 radical (unpaired) electrons. The van der Waals surface area contributed by atoms with Crippen molar-refractivity contribution in [1.82, 2.24) is 39.0 Å². The summed E-state index contributed by atoms with van der Waals surface area (Å²) >= 11 is 4.03. The number of aromatic amines is 2. The van der Waals surface area contributed by atoms with E-state index in [1.165, 1.54) is 15.5 Å². The second-order valence-corrected chi connectivity index (χ2v) is 15.0. The molecular formula is C20H22BFN8O11P2S. The number of aliphatic hydroxyl groups is 1. The highest BCUT2D eigenvalue weighted by molar-refractivity contribution is 8.44. The van der Waals surface area contributed by atoms with Gasteiger partial charge in [-0.3, -0.25) is 32.3 Å². The SMILES string of the molecule is BP1(=O)OC[C@H]2O[C@@H](n3cnc4c(=O)[nH]cnc43)C(O)C2OP(=O)(S)OC[C@H]2O[C@@H](n3cnc4c(=O)[nH]cnc43)C(F)C2O1. The lowest BCUT2D eigenvalue weighted by Crippen LogP contribution is -2.38. The Bertz CT molecular complexity index is 1820. The number of thiol groups is 1. The number of alkyl halides is 1. The quantitative estimate of drug-likeness (QED) is 0.117. The van der Waals surface area contributed by atoms with Crippen LogP contribution in [0.5, 0.6) is 0 Å². The molecule has 3 saturated heterocycles. The highest BCUT2D eigenvalue weighted by Crippen LogP contribution is 2.58. The van der Waals surface area contributed by atoms with Crippen LogP contribution in [0.2, 0.25) is 0 Å². The second kappa shape index (κ2) is 10.9. The standard InChI is InChI=1S/C20H22BFN8O11P2S/c21-42(34)36-1-8-14(12(31)20(39-8)30-6-28-11-16(30)24-4-26-18(11)33)41-43(35,44)37-2-7-13(40-42)9(22)19(38-7)29-5-27-10-15(29)23-3-25-17(10)32/h3-9,12-14,19-20,31H,1-2,21H2,(H,35,44)(H,23,25,32)(H,24,26,33)/t7-,8-,9?,12?,13?,14?,19-,20-,42?,43?/m1/s1. The fourth-order valence-corrected chi connectivity index (χ4v) is 7.97. The molecule has 10 atom stereocenters. The number of halogens is 1. The van der Waals surface area contributed by atoms with Crippen molar-refractivity contribution in [3.63, 3.8) is 0 Å². The van der Waals surface area contributed by atoms with Gasteiger partial charge in [0, 0.05) is 0 Å². The monoisotopic (exact) mass is 674 g/mol. The van der Waals surface area contributed by atoms with Crippen molar-refractivity contribution in [2.24, 2.45) is 0 Å². The summed E-state index contributed by atoms with van der Waals surface area (Å²) in [6.07, 6.45) is -7.27. The highest BCUT2D eigenvalue weighted by Gasteiger charge is 2.53. The molecule has 19 nitrogen and oxygen atoms in total. The number of nitrogens with zero attached hydrogens (tertiary/aromatic N) is 6. The van der Waals surface area contributed by atoms with E-state index in [9.17, 15) is 23.8 Å². The first-order valence-corrected chi connectivity index (χ1v) is 17.6. The van der Waals surface area contributed by atoms with Crippen LogP contribution in [0, 0.1) is 0 Å². The lowest BCUT2D eigenvalue weighted by Gasteiger charge is -2.29. The zero-order valence-corrected chi connectivity index (χ0v) is 25.0. The summed E-state index contributed by atoms with van der Waals surface area (Å²) < 4.78 is 79.1. The number of H-pyrrole nitrogens is 2. The molecule has 0 spiro atoms. The van der Waals surface area contributed by atoms with E-state index in [0.29, 0.717) is 0 Å². The first kappa shape index (κ1) is 29.9. The Labute approximate surface area is 250 Å². The zero-order valence-electron chi connectivity index (χ0n) is 22.3. The normalized spacial score (nSPS) is 38.2. The molecule has 4 aromatic rings. The molecule has 6 unspecified atom stereocenters. The molecule has 0 amide bonds. The first-order chi connectivity index (χ1) is 20.9. The van der Waals surface area contributed by atoms with Gasteiger partial charge in [0.05, 0.1) is 38.5 Å². The predicted octanol–water partition coefficient (Wildman–Crippen LogP) is -0.657. The van der Waals surface area contributed by atoms with Crippen LogP contribution in [0.4, 0.5) is 4.39 Å². The highest BCUT2D eigenvalue weighted by atomic mass is 32.7. The van der Waals surface area contributed by atoms with Gasteiger partial charge in [-0.25, -0.2) is 28.9 Å². The summed E-state index contributed by atoms with van der Waals surface area (Å²) in [5.74, 6) is 0. The van der Waals surface area contributed by atoms with Crippen molar-refractivity contribution in [1.29, 1.82) is 0 Å². The lowest BCUT2D eigenvalue weighted by atomic mass is 10.1. The summed E-state index contributed by atoms with van der Waals surface area (Å²) in [5.41, 5.74) is -1.10. The van der Waals surface area contributed by atoms with Gasteiger partial charge in [0.15, 0.2) is 41.0 Å². The van der Waals surface area contributed by atoms with Gasteiger partial charge >= 0.3 is 6.80 Å². The second-order valence-electron chi connectivity index (χ2n) is 10.1. The van der Waals surface area contributed by atoms with Gasteiger partial charge in [-0.2, -0.15) is 0 Å². The number of nitrogens with one attached hydrogen (secondary N) is 2. The van der Waals surface area contributed by atoms with Gasteiger partial charge < -0.3 is 33.6 Å². The van der Waals surface area contributed by atoms with Gasteiger partial charge in [-0.1, -0.05) is 12.2 Å². The van der Waals surface area contributed by atoms with Crippen LogP contribution in [0.3, 0.4) is 0 Å². The fourth-order valence-electron chi connectivity index (χ4n) is 5.30. The Morgan fingerprint density at radius 1 is 0.886 bits per heavy atom. The number of rotatable bonds is 2. The van der Waals surface area contributed by atoms with Crippen LogP contribution in [-0.2, 0) is 36.7 Å². The Morgan fingerprint density at radius 3 is 2.07 bits per heavy atom. The number of ether oxygens (including phenoxy) is 2. The maximum absolute atomic E-state index is 16.0. The molecule has 3 N–H and O–H groups in total. The van der Waals surface area contributed by atoms with E-state index in [4.69, 9.17) is 27.6 Å². The maximum atomic E-state index is 16.0. The average molecular weight is 674 g/mol. The van der Waals surface area contributed by atoms with Crippen LogP contribution in [0.25, 0.3) is 22.3 Å². The minimum Gasteiger partial charge on any atom is -0.386 e. The van der Waals surface area contributed by atoms with Crippen molar-refractivity contribution in [2.75, 3.05) is 13.2 Å². The van der Waals surface area contributed by atoms with E-state index in [1.807, 2.05) is 0 Å². The molecule has 0 saturated carbocycles. The summed E-state index contributed by atoms with van der Waals surface area (Å²) in [4.78, 5) is 45.0. The summed E-state index contributed by atoms with van der Waals surface area (Å²) in [7, 11) is -2.98. The Balaban J connectivity index is 1.17. The van der Waals surface area contributed by atoms with Crippen molar-refractivity contribution in [3.8, 4) is 0 Å². The number of imidazole rings is 2. The maximum Gasteiger partial charge on any atom is 0.386 e. The lowest BCUT2D eigenvalue weighted by molar-refractivity contribution is -0.0557. The zero-order chi connectivity index (χ0) is 31.0. The number of aliphatic hydroxyl groups excluding tert-OH is 1. The van der Waals surface area contributed by atoms with Crippen molar-refractivity contribution in [2.45, 2.75) is 49.1 Å². The van der Waals surface area contributed by atoms with Gasteiger partial charge in [-0.15, -0.1) is 0 Å². The number of aromatic nitrogens is 8. The molecule has 3 aliphatic rings. The molecule has 44 heavy (non-hydrogen) atoms. The minimum atomic E-state index is -4.33.